The highest BCUT2D eigenvalue weighted by atomic mass is 16.5. The summed E-state index contributed by atoms with van der Waals surface area (Å²) in [6.45, 7) is 3.74. The Kier molecular flexibility index (Phi) is 3.35. The largest absolute Gasteiger partial charge is 0.477 e. The van der Waals surface area contributed by atoms with Crippen molar-refractivity contribution in [2.75, 3.05) is 6.61 Å². The number of fused-ring (bicyclic) bond motifs is 2. The van der Waals surface area contributed by atoms with Gasteiger partial charge >= 0.3 is 0 Å². The van der Waals surface area contributed by atoms with Crippen LogP contribution in [0.2, 0.25) is 0 Å². The molecule has 0 saturated carbocycles. The highest BCUT2D eigenvalue weighted by molar-refractivity contribution is 5.90. The molecule has 0 atom stereocenters. The molecule has 130 valence electrons. The van der Waals surface area contributed by atoms with Gasteiger partial charge in [0.25, 0.3) is 0 Å². The molecule has 5 rings (SSSR count). The molecule has 1 aliphatic rings. The number of benzene rings is 2. The molecule has 2 aromatic carbocycles. The van der Waals surface area contributed by atoms with E-state index in [1.165, 1.54) is 5.56 Å². The third kappa shape index (κ3) is 2.31. The molecule has 0 saturated heterocycles. The van der Waals surface area contributed by atoms with Crippen LogP contribution in [0.15, 0.2) is 48.8 Å². The van der Waals surface area contributed by atoms with Crippen LogP contribution in [0.5, 0.6) is 5.88 Å². The summed E-state index contributed by atoms with van der Waals surface area (Å²) in [4.78, 5) is 4.43. The summed E-state index contributed by atoms with van der Waals surface area (Å²) in [6.07, 6.45) is 2.84. The zero-order valence-electron chi connectivity index (χ0n) is 14.9. The minimum absolute atomic E-state index is 0.736. The van der Waals surface area contributed by atoms with Crippen LogP contribution in [0, 0.1) is 6.92 Å². The predicted octanol–water partition coefficient (Wildman–Crippen LogP) is 4.19. The van der Waals surface area contributed by atoms with Crippen LogP contribution in [0.25, 0.3) is 33.4 Å². The van der Waals surface area contributed by atoms with Crippen molar-refractivity contribution in [1.29, 1.82) is 0 Å². The number of aryl methyl sites for hydroxylation is 3. The van der Waals surface area contributed by atoms with Gasteiger partial charge in [0, 0.05) is 25.6 Å². The predicted molar refractivity (Wildman–Crippen MR) is 102 cm³/mol. The van der Waals surface area contributed by atoms with Crippen molar-refractivity contribution in [2.45, 2.75) is 19.9 Å². The van der Waals surface area contributed by atoms with E-state index in [1.54, 1.807) is 0 Å². The van der Waals surface area contributed by atoms with Gasteiger partial charge in [0.1, 0.15) is 5.69 Å². The van der Waals surface area contributed by atoms with Gasteiger partial charge in [-0.25, -0.2) is 9.67 Å². The van der Waals surface area contributed by atoms with E-state index < -0.39 is 0 Å². The van der Waals surface area contributed by atoms with Crippen LogP contribution in [0.1, 0.15) is 12.0 Å². The van der Waals surface area contributed by atoms with Crippen molar-refractivity contribution in [3.05, 3.63) is 54.4 Å². The number of rotatable bonds is 2. The average molecular weight is 344 g/mol. The van der Waals surface area contributed by atoms with Crippen LogP contribution in [0.4, 0.5) is 0 Å². The van der Waals surface area contributed by atoms with E-state index in [4.69, 9.17) is 9.84 Å². The molecule has 1 aliphatic heterocycles. The molecule has 4 aromatic rings. The maximum atomic E-state index is 6.04. The van der Waals surface area contributed by atoms with E-state index >= 15 is 0 Å². The maximum Gasteiger partial charge on any atom is 0.220 e. The number of hydrogen-bond donors (Lipinski definition) is 0. The zero-order chi connectivity index (χ0) is 17.7. The second kappa shape index (κ2) is 5.73. The van der Waals surface area contributed by atoms with Crippen LogP contribution < -0.4 is 4.74 Å². The molecule has 26 heavy (non-hydrogen) atoms. The van der Waals surface area contributed by atoms with Gasteiger partial charge in [-0.05, 0) is 30.7 Å². The Hall–Kier alpha value is -3.08. The standard InChI is InChI=1S/C21H20N4O/c1-14-5-3-6-16(11-14)20-19(21-25(23-20)9-4-10-26-21)15-7-8-17-18(12-15)24(2)13-22-17/h3,5-8,11-13H,4,9-10H2,1-2H3. The quantitative estimate of drug-likeness (QED) is 0.547. The SMILES string of the molecule is Cc1cccc(-c2nn3c(c2-c2ccc4ncn(C)c4c2)OCCC3)c1. The summed E-state index contributed by atoms with van der Waals surface area (Å²) in [5.41, 5.74) is 7.60. The molecular formula is C21H20N4O. The third-order valence-electron chi connectivity index (χ3n) is 4.96. The fourth-order valence-corrected chi connectivity index (χ4v) is 3.66. The molecule has 5 nitrogen and oxygen atoms in total. The summed E-state index contributed by atoms with van der Waals surface area (Å²) in [6, 6.07) is 14.8. The van der Waals surface area contributed by atoms with E-state index in [9.17, 15) is 0 Å². The Labute approximate surface area is 151 Å². The minimum atomic E-state index is 0.736. The van der Waals surface area contributed by atoms with Crippen LogP contribution in [0.3, 0.4) is 0 Å². The molecule has 0 aliphatic carbocycles. The van der Waals surface area contributed by atoms with Gasteiger partial charge in [-0.1, -0.05) is 29.8 Å². The lowest BCUT2D eigenvalue weighted by Crippen LogP contribution is -2.14. The van der Waals surface area contributed by atoms with Crippen molar-refractivity contribution < 1.29 is 4.74 Å². The zero-order valence-corrected chi connectivity index (χ0v) is 14.9. The third-order valence-corrected chi connectivity index (χ3v) is 4.96. The van der Waals surface area contributed by atoms with E-state index in [1.807, 2.05) is 22.6 Å². The van der Waals surface area contributed by atoms with Gasteiger partial charge in [-0.3, -0.25) is 0 Å². The van der Waals surface area contributed by atoms with E-state index in [0.717, 1.165) is 58.9 Å². The maximum absolute atomic E-state index is 6.04. The van der Waals surface area contributed by atoms with Gasteiger partial charge in [-0.15, -0.1) is 0 Å². The molecule has 2 aromatic heterocycles. The second-order valence-electron chi connectivity index (χ2n) is 6.88. The van der Waals surface area contributed by atoms with Crippen LogP contribution >= 0.6 is 0 Å². The molecule has 0 unspecified atom stereocenters. The summed E-state index contributed by atoms with van der Waals surface area (Å²) in [5, 5.41) is 4.90. The van der Waals surface area contributed by atoms with Crippen molar-refractivity contribution in [1.82, 2.24) is 19.3 Å². The summed E-state index contributed by atoms with van der Waals surface area (Å²) in [7, 11) is 2.02. The van der Waals surface area contributed by atoms with Crippen molar-refractivity contribution >= 4 is 11.0 Å². The molecule has 0 spiro atoms. The number of hydrogen-bond acceptors (Lipinski definition) is 3. The molecular weight excluding hydrogens is 324 g/mol. The van der Waals surface area contributed by atoms with Crippen LogP contribution in [-0.4, -0.2) is 25.9 Å². The lowest BCUT2D eigenvalue weighted by molar-refractivity contribution is 0.231. The Morgan fingerprint density at radius 3 is 2.88 bits per heavy atom. The first-order valence-electron chi connectivity index (χ1n) is 8.93. The summed E-state index contributed by atoms with van der Waals surface area (Å²) < 4.78 is 10.1. The van der Waals surface area contributed by atoms with E-state index in [-0.39, 0.29) is 0 Å². The van der Waals surface area contributed by atoms with Crippen molar-refractivity contribution in [2.24, 2.45) is 7.05 Å². The van der Waals surface area contributed by atoms with E-state index in [2.05, 4.69) is 54.4 Å². The molecule has 0 amide bonds. The molecule has 0 bridgehead atoms. The highest BCUT2D eigenvalue weighted by Crippen LogP contribution is 2.41. The molecule has 5 heteroatoms. The summed E-state index contributed by atoms with van der Waals surface area (Å²) >= 11 is 0. The van der Waals surface area contributed by atoms with Gasteiger partial charge in [0.05, 0.1) is 29.5 Å². The first-order chi connectivity index (χ1) is 12.7. The lowest BCUT2D eigenvalue weighted by atomic mass is 9.99. The Morgan fingerprint density at radius 2 is 2.00 bits per heavy atom. The molecule has 0 radical (unpaired) electrons. The van der Waals surface area contributed by atoms with Crippen molar-refractivity contribution in [3.63, 3.8) is 0 Å². The first-order valence-corrected chi connectivity index (χ1v) is 8.93. The minimum Gasteiger partial charge on any atom is -0.477 e. The fraction of sp³-hybridized carbons (Fsp3) is 0.238. The number of aromatic nitrogens is 4. The normalized spacial score (nSPS) is 13.6. The van der Waals surface area contributed by atoms with E-state index in [0.29, 0.717) is 0 Å². The van der Waals surface area contributed by atoms with Gasteiger partial charge in [0.15, 0.2) is 0 Å². The average Bonchev–Trinajstić information content (AvgIpc) is 3.22. The molecule has 0 fully saturated rings. The van der Waals surface area contributed by atoms with Gasteiger partial charge < -0.3 is 9.30 Å². The lowest BCUT2D eigenvalue weighted by Gasteiger charge is -2.16. The highest BCUT2D eigenvalue weighted by Gasteiger charge is 2.24. The molecule has 0 N–H and O–H groups in total. The van der Waals surface area contributed by atoms with Gasteiger partial charge in [-0.2, -0.15) is 5.10 Å². The Morgan fingerprint density at radius 1 is 1.08 bits per heavy atom. The smallest absolute Gasteiger partial charge is 0.220 e. The number of ether oxygens (including phenoxy) is 1. The Bertz CT molecular complexity index is 1120. The first kappa shape index (κ1) is 15.2. The second-order valence-corrected chi connectivity index (χ2v) is 6.88. The summed E-state index contributed by atoms with van der Waals surface area (Å²) in [5.74, 6) is 0.870. The fourth-order valence-electron chi connectivity index (χ4n) is 3.66. The number of imidazole rings is 1. The topological polar surface area (TPSA) is 44.9 Å². The van der Waals surface area contributed by atoms with Gasteiger partial charge in [0.2, 0.25) is 5.88 Å². The van der Waals surface area contributed by atoms with Crippen LogP contribution in [-0.2, 0) is 13.6 Å². The molecule has 3 heterocycles. The number of nitrogens with zero attached hydrogens (tertiary/aromatic N) is 4. The van der Waals surface area contributed by atoms with Crippen molar-refractivity contribution in [3.8, 4) is 28.3 Å². The Balaban J connectivity index is 1.78. The monoisotopic (exact) mass is 344 g/mol.